The van der Waals surface area contributed by atoms with Crippen molar-refractivity contribution in [3.05, 3.63) is 22.7 Å². The minimum Gasteiger partial charge on any atom is -0.475 e. The molecule has 0 aromatic carbocycles. The Labute approximate surface area is 69.4 Å². The van der Waals surface area contributed by atoms with Crippen LogP contribution in [0.2, 0.25) is 0 Å². The van der Waals surface area contributed by atoms with Gasteiger partial charge in [0.2, 0.25) is 5.88 Å². The highest BCUT2D eigenvalue weighted by atomic mass is 16.5. The molecule has 1 N–H and O–H groups in total. The van der Waals surface area contributed by atoms with Gasteiger partial charge in [0.1, 0.15) is 6.61 Å². The van der Waals surface area contributed by atoms with Crippen LogP contribution in [0.1, 0.15) is 0 Å². The molecule has 0 aliphatic heterocycles. The second-order valence-corrected chi connectivity index (χ2v) is 2.09. The number of ether oxygens (including phenoxy) is 2. The minimum absolute atomic E-state index is 0.225. The standard InChI is InChI=1S/C7H10N2O3/c1-11-2-3-12-7-4-6(10)8-5-9-7/h4-5H,2-3H2,1H3,(H,8,9,10). The Morgan fingerprint density at radius 2 is 2.42 bits per heavy atom. The van der Waals surface area contributed by atoms with Crippen molar-refractivity contribution in [2.75, 3.05) is 20.3 Å². The third kappa shape index (κ3) is 2.71. The van der Waals surface area contributed by atoms with Gasteiger partial charge in [-0.3, -0.25) is 4.79 Å². The molecule has 0 spiro atoms. The maximum Gasteiger partial charge on any atom is 0.254 e. The molecular weight excluding hydrogens is 160 g/mol. The Bertz CT molecular complexity index is 284. The van der Waals surface area contributed by atoms with Crippen molar-refractivity contribution < 1.29 is 9.47 Å². The number of aromatic amines is 1. The number of aromatic nitrogens is 2. The molecule has 0 radical (unpaired) electrons. The van der Waals surface area contributed by atoms with Gasteiger partial charge in [-0.1, -0.05) is 0 Å². The molecule has 0 aliphatic carbocycles. The fourth-order valence-corrected chi connectivity index (χ4v) is 0.659. The highest BCUT2D eigenvalue weighted by Crippen LogP contribution is 1.97. The van der Waals surface area contributed by atoms with Crippen molar-refractivity contribution in [3.63, 3.8) is 0 Å². The molecule has 1 heterocycles. The summed E-state index contributed by atoms with van der Waals surface area (Å²) in [6, 6.07) is 1.29. The summed E-state index contributed by atoms with van der Waals surface area (Å²) in [6.45, 7) is 0.876. The van der Waals surface area contributed by atoms with Crippen molar-refractivity contribution >= 4 is 0 Å². The summed E-state index contributed by atoms with van der Waals surface area (Å²) >= 11 is 0. The zero-order valence-corrected chi connectivity index (χ0v) is 6.74. The predicted molar refractivity (Wildman–Crippen MR) is 42.2 cm³/mol. The fourth-order valence-electron chi connectivity index (χ4n) is 0.659. The maximum atomic E-state index is 10.7. The molecule has 66 valence electrons. The number of methoxy groups -OCH3 is 1. The van der Waals surface area contributed by atoms with E-state index in [1.54, 1.807) is 7.11 Å². The molecular formula is C7H10N2O3. The summed E-state index contributed by atoms with van der Waals surface area (Å²) in [5.74, 6) is 0.316. The van der Waals surface area contributed by atoms with E-state index in [4.69, 9.17) is 9.47 Å². The number of nitrogens with one attached hydrogen (secondary N) is 1. The number of hydrogen-bond acceptors (Lipinski definition) is 4. The summed E-state index contributed by atoms with van der Waals surface area (Å²) in [4.78, 5) is 16.9. The fraction of sp³-hybridized carbons (Fsp3) is 0.429. The summed E-state index contributed by atoms with van der Waals surface area (Å²) in [7, 11) is 1.58. The molecule has 0 saturated heterocycles. The van der Waals surface area contributed by atoms with E-state index in [9.17, 15) is 4.79 Å². The Hall–Kier alpha value is -1.36. The van der Waals surface area contributed by atoms with Crippen LogP contribution in [-0.2, 0) is 4.74 Å². The Kier molecular flexibility index (Phi) is 3.28. The molecule has 0 fully saturated rings. The monoisotopic (exact) mass is 170 g/mol. The number of H-pyrrole nitrogens is 1. The molecule has 1 aromatic heterocycles. The molecule has 5 nitrogen and oxygen atoms in total. The Morgan fingerprint density at radius 1 is 1.58 bits per heavy atom. The van der Waals surface area contributed by atoms with Crippen LogP contribution >= 0.6 is 0 Å². The molecule has 1 aromatic rings. The molecule has 0 atom stereocenters. The zero-order valence-electron chi connectivity index (χ0n) is 6.74. The van der Waals surface area contributed by atoms with Crippen LogP contribution < -0.4 is 10.3 Å². The van der Waals surface area contributed by atoms with Gasteiger partial charge in [0.15, 0.2) is 0 Å². The van der Waals surface area contributed by atoms with E-state index in [0.717, 1.165) is 0 Å². The van der Waals surface area contributed by atoms with Crippen molar-refractivity contribution in [3.8, 4) is 5.88 Å². The number of rotatable bonds is 4. The highest BCUT2D eigenvalue weighted by molar-refractivity contribution is 5.04. The van der Waals surface area contributed by atoms with Crippen LogP contribution in [0.3, 0.4) is 0 Å². The van der Waals surface area contributed by atoms with E-state index < -0.39 is 0 Å². The van der Waals surface area contributed by atoms with Gasteiger partial charge in [0, 0.05) is 7.11 Å². The smallest absolute Gasteiger partial charge is 0.254 e. The Morgan fingerprint density at radius 3 is 3.08 bits per heavy atom. The third-order valence-corrected chi connectivity index (χ3v) is 1.19. The van der Waals surface area contributed by atoms with Crippen LogP contribution in [0.25, 0.3) is 0 Å². The van der Waals surface area contributed by atoms with Gasteiger partial charge in [-0.05, 0) is 0 Å². The highest BCUT2D eigenvalue weighted by Gasteiger charge is 1.93. The van der Waals surface area contributed by atoms with E-state index in [0.29, 0.717) is 19.1 Å². The first-order valence-electron chi connectivity index (χ1n) is 3.49. The van der Waals surface area contributed by atoms with Gasteiger partial charge in [-0.15, -0.1) is 0 Å². The molecule has 0 saturated carbocycles. The van der Waals surface area contributed by atoms with E-state index >= 15 is 0 Å². The molecule has 1 rings (SSSR count). The molecule has 12 heavy (non-hydrogen) atoms. The lowest BCUT2D eigenvalue weighted by Crippen LogP contribution is -2.09. The minimum atomic E-state index is -0.225. The van der Waals surface area contributed by atoms with Crippen LogP contribution in [0, 0.1) is 0 Å². The summed E-state index contributed by atoms with van der Waals surface area (Å²) in [5.41, 5.74) is -0.225. The van der Waals surface area contributed by atoms with Gasteiger partial charge in [-0.25, -0.2) is 4.98 Å². The molecule has 0 unspecified atom stereocenters. The van der Waals surface area contributed by atoms with E-state index in [1.807, 2.05) is 0 Å². The predicted octanol–water partition coefficient (Wildman–Crippen LogP) is -0.205. The summed E-state index contributed by atoms with van der Waals surface area (Å²) in [6.07, 6.45) is 1.30. The lowest BCUT2D eigenvalue weighted by atomic mass is 10.6. The molecule has 0 bridgehead atoms. The second-order valence-electron chi connectivity index (χ2n) is 2.09. The van der Waals surface area contributed by atoms with E-state index in [2.05, 4.69) is 9.97 Å². The average Bonchev–Trinajstić information content (AvgIpc) is 2.05. The van der Waals surface area contributed by atoms with Gasteiger partial charge in [0.25, 0.3) is 5.56 Å². The van der Waals surface area contributed by atoms with Gasteiger partial charge < -0.3 is 14.5 Å². The van der Waals surface area contributed by atoms with Crippen molar-refractivity contribution in [1.82, 2.24) is 9.97 Å². The van der Waals surface area contributed by atoms with Gasteiger partial charge in [0.05, 0.1) is 19.0 Å². The third-order valence-electron chi connectivity index (χ3n) is 1.19. The second kappa shape index (κ2) is 4.50. The van der Waals surface area contributed by atoms with Gasteiger partial charge in [-0.2, -0.15) is 0 Å². The van der Waals surface area contributed by atoms with Crippen LogP contribution in [0.4, 0.5) is 0 Å². The zero-order chi connectivity index (χ0) is 8.81. The molecule has 0 aliphatic rings. The number of hydrogen-bond donors (Lipinski definition) is 1. The van der Waals surface area contributed by atoms with E-state index in [-0.39, 0.29) is 5.56 Å². The Balaban J connectivity index is 2.47. The summed E-state index contributed by atoms with van der Waals surface area (Å²) in [5, 5.41) is 0. The van der Waals surface area contributed by atoms with Crippen LogP contribution in [0.15, 0.2) is 17.2 Å². The lowest BCUT2D eigenvalue weighted by Gasteiger charge is -2.01. The average molecular weight is 170 g/mol. The van der Waals surface area contributed by atoms with Crippen molar-refractivity contribution in [1.29, 1.82) is 0 Å². The van der Waals surface area contributed by atoms with Gasteiger partial charge >= 0.3 is 0 Å². The van der Waals surface area contributed by atoms with E-state index in [1.165, 1.54) is 12.4 Å². The molecule has 5 heteroatoms. The van der Waals surface area contributed by atoms with Crippen molar-refractivity contribution in [2.45, 2.75) is 0 Å². The number of nitrogens with zero attached hydrogens (tertiary/aromatic N) is 1. The van der Waals surface area contributed by atoms with Crippen molar-refractivity contribution in [2.24, 2.45) is 0 Å². The van der Waals surface area contributed by atoms with Crippen LogP contribution in [0.5, 0.6) is 5.88 Å². The SMILES string of the molecule is COCCOc1cc(=O)[nH]cn1. The first-order chi connectivity index (χ1) is 5.83. The quantitative estimate of drug-likeness (QED) is 0.635. The lowest BCUT2D eigenvalue weighted by molar-refractivity contribution is 0.143. The molecule has 0 amide bonds. The maximum absolute atomic E-state index is 10.7. The first-order valence-corrected chi connectivity index (χ1v) is 3.49. The summed E-state index contributed by atoms with van der Waals surface area (Å²) < 4.78 is 9.83. The first kappa shape index (κ1) is 8.73. The normalized spacial score (nSPS) is 9.75. The topological polar surface area (TPSA) is 64.2 Å². The largest absolute Gasteiger partial charge is 0.475 e. The van der Waals surface area contributed by atoms with Crippen LogP contribution in [-0.4, -0.2) is 30.3 Å².